The first-order chi connectivity index (χ1) is 16.5. The van der Waals surface area contributed by atoms with E-state index < -0.39 is 0 Å². The number of aromatic nitrogens is 2. The summed E-state index contributed by atoms with van der Waals surface area (Å²) < 4.78 is 14.6. The summed E-state index contributed by atoms with van der Waals surface area (Å²) in [5, 5.41) is 16.8. The smallest absolute Gasteiger partial charge is 0.251 e. The highest BCUT2D eigenvalue weighted by Gasteiger charge is 2.20. The molecule has 2 heterocycles. The maximum Gasteiger partial charge on any atom is 0.251 e. The number of halogens is 1. The summed E-state index contributed by atoms with van der Waals surface area (Å²) in [5.74, 6) is -0.197. The van der Waals surface area contributed by atoms with Gasteiger partial charge in [0.15, 0.2) is 0 Å². The van der Waals surface area contributed by atoms with Crippen LogP contribution < -0.4 is 11.1 Å². The Bertz CT molecular complexity index is 1230. The number of nitriles is 1. The van der Waals surface area contributed by atoms with Gasteiger partial charge in [0.05, 0.1) is 11.4 Å². The van der Waals surface area contributed by atoms with Crippen LogP contribution in [-0.2, 0) is 17.8 Å². The molecule has 2 amide bonds. The molecule has 1 fully saturated rings. The number of nitrogens with one attached hydrogen (secondary N) is 1. The van der Waals surface area contributed by atoms with Crippen molar-refractivity contribution in [3.05, 3.63) is 76.7 Å². The van der Waals surface area contributed by atoms with Gasteiger partial charge >= 0.3 is 0 Å². The summed E-state index contributed by atoms with van der Waals surface area (Å²) >= 11 is 0. The third-order valence-electron chi connectivity index (χ3n) is 5.81. The zero-order valence-corrected chi connectivity index (χ0v) is 18.6. The number of carbonyl (C=O) groups excluding carboxylic acids is 2. The van der Waals surface area contributed by atoms with Crippen molar-refractivity contribution in [1.82, 2.24) is 20.0 Å². The molecule has 0 atom stereocenters. The van der Waals surface area contributed by atoms with Crippen molar-refractivity contribution >= 4 is 17.6 Å². The first-order valence-electron chi connectivity index (χ1n) is 11.1. The predicted octanol–water partition coefficient (Wildman–Crippen LogP) is 2.95. The Balaban J connectivity index is 1.30. The van der Waals surface area contributed by atoms with Crippen LogP contribution in [0.4, 0.5) is 10.2 Å². The number of nitrogen functional groups attached to an aromatic ring is 1. The van der Waals surface area contributed by atoms with Gasteiger partial charge in [-0.2, -0.15) is 10.4 Å². The molecular formula is C25H25FN6O2. The maximum atomic E-state index is 13.2. The van der Waals surface area contributed by atoms with E-state index >= 15 is 0 Å². The zero-order chi connectivity index (χ0) is 24.1. The molecule has 0 radical (unpaired) electrons. The van der Waals surface area contributed by atoms with Gasteiger partial charge in [0.25, 0.3) is 5.91 Å². The lowest BCUT2D eigenvalue weighted by Crippen LogP contribution is -2.25. The Morgan fingerprint density at radius 1 is 1.18 bits per heavy atom. The van der Waals surface area contributed by atoms with Crippen LogP contribution in [0.1, 0.15) is 46.4 Å². The van der Waals surface area contributed by atoms with Gasteiger partial charge in [-0.15, -0.1) is 0 Å². The fourth-order valence-corrected chi connectivity index (χ4v) is 3.97. The Hall–Kier alpha value is -4.19. The maximum absolute atomic E-state index is 13.2. The Morgan fingerprint density at radius 2 is 1.91 bits per heavy atom. The minimum absolute atomic E-state index is 0.172. The van der Waals surface area contributed by atoms with Crippen LogP contribution in [0.3, 0.4) is 0 Å². The summed E-state index contributed by atoms with van der Waals surface area (Å²) in [4.78, 5) is 26.1. The topological polar surface area (TPSA) is 117 Å². The Labute approximate surface area is 196 Å². The molecule has 3 aromatic rings. The van der Waals surface area contributed by atoms with Crippen LogP contribution in [0.15, 0.2) is 48.5 Å². The highest BCUT2D eigenvalue weighted by Crippen LogP contribution is 2.22. The third-order valence-corrected chi connectivity index (χ3v) is 5.81. The van der Waals surface area contributed by atoms with E-state index in [1.165, 1.54) is 28.9 Å². The van der Waals surface area contributed by atoms with Gasteiger partial charge in [-0.3, -0.25) is 9.59 Å². The lowest BCUT2D eigenvalue weighted by atomic mass is 10.1. The van der Waals surface area contributed by atoms with Gasteiger partial charge in [0.1, 0.15) is 23.3 Å². The minimum atomic E-state index is -0.373. The summed E-state index contributed by atoms with van der Waals surface area (Å²) in [5.41, 5.74) is 8.98. The predicted molar refractivity (Wildman–Crippen MR) is 124 cm³/mol. The van der Waals surface area contributed by atoms with Crippen molar-refractivity contribution in [2.75, 3.05) is 18.8 Å². The molecular weight excluding hydrogens is 435 g/mol. The van der Waals surface area contributed by atoms with Gasteiger partial charge in [-0.25, -0.2) is 9.07 Å². The molecule has 1 saturated heterocycles. The molecule has 0 unspecified atom stereocenters. The van der Waals surface area contributed by atoms with Crippen molar-refractivity contribution < 1.29 is 14.0 Å². The number of aryl methyl sites for hydroxylation is 1. The van der Waals surface area contributed by atoms with E-state index in [-0.39, 0.29) is 29.0 Å². The number of carbonyl (C=O) groups is 2. The molecule has 8 nitrogen and oxygen atoms in total. The molecule has 0 spiro atoms. The summed E-state index contributed by atoms with van der Waals surface area (Å²) in [6.45, 7) is 1.75. The number of benzene rings is 2. The molecule has 174 valence electrons. The van der Waals surface area contributed by atoms with Crippen molar-refractivity contribution in [3.63, 3.8) is 0 Å². The average Bonchev–Trinajstić information content (AvgIpc) is 3.39. The molecule has 0 aliphatic carbocycles. The molecule has 0 bridgehead atoms. The van der Waals surface area contributed by atoms with Crippen molar-refractivity contribution in [1.29, 1.82) is 5.26 Å². The third kappa shape index (κ3) is 5.07. The van der Waals surface area contributed by atoms with E-state index in [1.54, 1.807) is 12.1 Å². The monoisotopic (exact) mass is 460 g/mol. The molecule has 1 aromatic heterocycles. The molecule has 4 rings (SSSR count). The van der Waals surface area contributed by atoms with Gasteiger partial charge in [0.2, 0.25) is 5.91 Å². The second-order valence-electron chi connectivity index (χ2n) is 8.18. The Morgan fingerprint density at radius 3 is 2.56 bits per heavy atom. The van der Waals surface area contributed by atoms with E-state index in [1.807, 2.05) is 17.0 Å². The van der Waals surface area contributed by atoms with Crippen LogP contribution in [-0.4, -0.2) is 39.6 Å². The second kappa shape index (κ2) is 10.2. The van der Waals surface area contributed by atoms with Gasteiger partial charge in [-0.1, -0.05) is 12.1 Å². The Kier molecular flexibility index (Phi) is 6.87. The molecule has 0 saturated carbocycles. The number of anilines is 1. The SMILES string of the molecule is N#Cc1c(CCCNC(=O)c2ccc(CN3CCCC3=O)cc2)nn(-c2ccc(F)cc2)c1N. The molecule has 34 heavy (non-hydrogen) atoms. The molecule has 1 aliphatic heterocycles. The van der Waals surface area contributed by atoms with Crippen LogP contribution in [0.2, 0.25) is 0 Å². The second-order valence-corrected chi connectivity index (χ2v) is 8.18. The molecule has 1 aliphatic rings. The van der Waals surface area contributed by atoms with Crippen molar-refractivity contribution in [2.45, 2.75) is 32.2 Å². The van der Waals surface area contributed by atoms with Crippen molar-refractivity contribution in [3.8, 4) is 11.8 Å². The van der Waals surface area contributed by atoms with Gasteiger partial charge < -0.3 is 16.0 Å². The molecule has 2 aromatic carbocycles. The highest BCUT2D eigenvalue weighted by molar-refractivity contribution is 5.94. The van der Waals surface area contributed by atoms with Crippen LogP contribution in [0.25, 0.3) is 5.69 Å². The van der Waals surface area contributed by atoms with Crippen LogP contribution in [0.5, 0.6) is 0 Å². The van der Waals surface area contributed by atoms with E-state index in [4.69, 9.17) is 5.73 Å². The first-order valence-corrected chi connectivity index (χ1v) is 11.1. The zero-order valence-electron chi connectivity index (χ0n) is 18.6. The fraction of sp³-hybridized carbons (Fsp3) is 0.280. The van der Waals surface area contributed by atoms with E-state index in [0.717, 1.165) is 18.5 Å². The van der Waals surface area contributed by atoms with Crippen molar-refractivity contribution in [2.24, 2.45) is 0 Å². The minimum Gasteiger partial charge on any atom is -0.382 e. The number of amides is 2. The normalized spacial score (nSPS) is 13.2. The quantitative estimate of drug-likeness (QED) is 0.501. The number of rotatable bonds is 8. The lowest BCUT2D eigenvalue weighted by molar-refractivity contribution is -0.128. The van der Waals surface area contributed by atoms with E-state index in [0.29, 0.717) is 49.3 Å². The summed E-state index contributed by atoms with van der Waals surface area (Å²) in [6.07, 6.45) is 2.52. The standard InChI is InChI=1S/C25H25FN6O2/c26-19-9-11-20(12-10-19)32-24(28)21(15-27)22(30-32)3-1-13-29-25(34)18-7-5-17(6-8-18)16-31-14-2-4-23(31)33/h5-12H,1-4,13-14,16,28H2,(H,29,34). The molecule has 9 heteroatoms. The van der Waals surface area contributed by atoms with Crippen LogP contribution in [0, 0.1) is 17.1 Å². The summed E-state index contributed by atoms with van der Waals surface area (Å²) in [7, 11) is 0. The number of likely N-dealkylation sites (tertiary alicyclic amines) is 1. The van der Waals surface area contributed by atoms with Gasteiger partial charge in [0, 0.05) is 31.6 Å². The summed E-state index contributed by atoms with van der Waals surface area (Å²) in [6, 6.07) is 15.0. The molecule has 3 N–H and O–H groups in total. The van der Waals surface area contributed by atoms with Crippen LogP contribution >= 0.6 is 0 Å². The number of hydrogen-bond acceptors (Lipinski definition) is 5. The first kappa shape index (κ1) is 23.0. The van der Waals surface area contributed by atoms with Gasteiger partial charge in [-0.05, 0) is 61.2 Å². The lowest BCUT2D eigenvalue weighted by Gasteiger charge is -2.15. The largest absolute Gasteiger partial charge is 0.382 e. The fourth-order valence-electron chi connectivity index (χ4n) is 3.97. The average molecular weight is 461 g/mol. The number of hydrogen-bond donors (Lipinski definition) is 2. The highest BCUT2D eigenvalue weighted by atomic mass is 19.1. The van der Waals surface area contributed by atoms with E-state index in [2.05, 4.69) is 16.5 Å². The number of nitrogens with two attached hydrogens (primary N) is 1. The number of nitrogens with zero attached hydrogens (tertiary/aromatic N) is 4. The van der Waals surface area contributed by atoms with E-state index in [9.17, 15) is 19.2 Å².